The number of carbonyl (C=O) groups excluding carboxylic acids is 1. The average molecular weight is 386 g/mol. The molecule has 2 aromatic heterocycles. The van der Waals surface area contributed by atoms with Gasteiger partial charge in [-0.3, -0.25) is 19.1 Å². The van der Waals surface area contributed by atoms with E-state index in [1.807, 2.05) is 30.3 Å². The lowest BCUT2D eigenvalue weighted by atomic mass is 10.2. The van der Waals surface area contributed by atoms with Crippen LogP contribution < -0.4 is 11.2 Å². The number of aromatic amines is 1. The largest absolute Gasteiger partial charge is 0.460 e. The van der Waals surface area contributed by atoms with Gasteiger partial charge in [-0.15, -0.1) is 6.58 Å². The number of fused-ring (bicyclic) bond motifs is 1. The van der Waals surface area contributed by atoms with Crippen LogP contribution in [-0.4, -0.2) is 30.8 Å². The van der Waals surface area contributed by atoms with E-state index in [9.17, 15) is 14.4 Å². The normalized spacial score (nSPS) is 10.9. The number of ether oxygens (including phenoxy) is 1. The average Bonchev–Trinajstić information content (AvgIpc) is 3.03. The summed E-state index contributed by atoms with van der Waals surface area (Å²) in [7, 11) is 1.52. The molecule has 0 aliphatic carbocycles. The minimum Gasteiger partial charge on any atom is -0.460 e. The number of nitrogens with one attached hydrogen (secondary N) is 1. The Morgan fingerprint density at radius 1 is 1.33 bits per heavy atom. The fourth-order valence-corrected chi connectivity index (χ4v) is 3.33. The first-order valence-electron chi connectivity index (χ1n) is 8.14. The molecule has 0 spiro atoms. The van der Waals surface area contributed by atoms with Crippen LogP contribution >= 0.6 is 11.8 Å². The molecule has 0 saturated heterocycles. The van der Waals surface area contributed by atoms with Gasteiger partial charge in [-0.05, 0) is 5.56 Å². The summed E-state index contributed by atoms with van der Waals surface area (Å²) in [4.78, 5) is 42.6. The van der Waals surface area contributed by atoms with Gasteiger partial charge in [0.15, 0.2) is 16.3 Å². The molecule has 1 N–H and O–H groups in total. The van der Waals surface area contributed by atoms with Crippen LogP contribution in [0.5, 0.6) is 0 Å². The van der Waals surface area contributed by atoms with Gasteiger partial charge in [0.25, 0.3) is 5.56 Å². The van der Waals surface area contributed by atoms with Crippen molar-refractivity contribution >= 4 is 28.9 Å². The van der Waals surface area contributed by atoms with Gasteiger partial charge in [-0.2, -0.15) is 0 Å². The Kier molecular flexibility index (Phi) is 5.60. The third-order valence-corrected chi connectivity index (χ3v) is 4.80. The van der Waals surface area contributed by atoms with E-state index in [-0.39, 0.29) is 23.5 Å². The molecule has 2 heterocycles. The second kappa shape index (κ2) is 8.09. The molecule has 0 unspecified atom stereocenters. The number of aryl methyl sites for hydroxylation is 1. The van der Waals surface area contributed by atoms with Crippen LogP contribution in [0.25, 0.3) is 11.2 Å². The van der Waals surface area contributed by atoms with Gasteiger partial charge in [0.1, 0.15) is 6.61 Å². The van der Waals surface area contributed by atoms with E-state index in [1.54, 1.807) is 10.6 Å². The van der Waals surface area contributed by atoms with Crippen LogP contribution in [0.1, 0.15) is 5.56 Å². The number of thioether (sulfide) groups is 1. The highest BCUT2D eigenvalue weighted by Gasteiger charge is 2.18. The molecular formula is C18H18N4O4S. The molecular weight excluding hydrogens is 368 g/mol. The van der Waals surface area contributed by atoms with E-state index in [2.05, 4.69) is 16.5 Å². The molecule has 9 heteroatoms. The molecule has 8 nitrogen and oxygen atoms in total. The van der Waals surface area contributed by atoms with Gasteiger partial charge in [-0.1, -0.05) is 48.2 Å². The van der Waals surface area contributed by atoms with Crippen LogP contribution in [0.4, 0.5) is 0 Å². The summed E-state index contributed by atoms with van der Waals surface area (Å²) in [5.41, 5.74) is 0.342. The van der Waals surface area contributed by atoms with E-state index in [0.29, 0.717) is 11.7 Å². The third kappa shape index (κ3) is 4.03. The minimum atomic E-state index is -0.547. The summed E-state index contributed by atoms with van der Waals surface area (Å²) < 4.78 is 8.13. The summed E-state index contributed by atoms with van der Waals surface area (Å²) >= 11 is 1.14. The first-order chi connectivity index (χ1) is 13.0. The number of hydrogen-bond acceptors (Lipinski definition) is 6. The Morgan fingerprint density at radius 3 is 2.78 bits per heavy atom. The molecule has 27 heavy (non-hydrogen) atoms. The monoisotopic (exact) mass is 386 g/mol. The Balaban J connectivity index is 1.79. The molecule has 3 aromatic rings. The zero-order valence-electron chi connectivity index (χ0n) is 14.7. The zero-order valence-corrected chi connectivity index (χ0v) is 15.5. The maximum absolute atomic E-state index is 12.2. The highest BCUT2D eigenvalue weighted by Crippen LogP contribution is 2.21. The first kappa shape index (κ1) is 18.7. The lowest BCUT2D eigenvalue weighted by Gasteiger charge is -2.06. The smallest absolute Gasteiger partial charge is 0.329 e. The molecule has 0 fully saturated rings. The summed E-state index contributed by atoms with van der Waals surface area (Å²) in [5.74, 6) is -0.372. The van der Waals surface area contributed by atoms with E-state index < -0.39 is 17.2 Å². The molecule has 0 saturated carbocycles. The molecule has 140 valence electrons. The quantitative estimate of drug-likeness (QED) is 0.375. The third-order valence-electron chi connectivity index (χ3n) is 3.85. The van der Waals surface area contributed by atoms with Gasteiger partial charge < -0.3 is 9.30 Å². The molecule has 0 bridgehead atoms. The summed E-state index contributed by atoms with van der Waals surface area (Å²) in [6.45, 7) is 4.19. The van der Waals surface area contributed by atoms with Crippen molar-refractivity contribution in [1.29, 1.82) is 0 Å². The Hall–Kier alpha value is -3.07. The Labute approximate surface area is 158 Å². The number of benzene rings is 1. The zero-order chi connectivity index (χ0) is 19.4. The van der Waals surface area contributed by atoms with Gasteiger partial charge >= 0.3 is 11.7 Å². The number of esters is 1. The van der Waals surface area contributed by atoms with Crippen LogP contribution in [0.2, 0.25) is 0 Å². The highest BCUT2D eigenvalue weighted by molar-refractivity contribution is 7.99. The fraction of sp³-hybridized carbons (Fsp3) is 0.222. The number of imidazole rings is 1. The van der Waals surface area contributed by atoms with Crippen LogP contribution in [0, 0.1) is 0 Å². The number of rotatable bonds is 7. The lowest BCUT2D eigenvalue weighted by molar-refractivity contribution is -0.141. The van der Waals surface area contributed by atoms with Gasteiger partial charge in [0, 0.05) is 13.6 Å². The molecule has 3 rings (SSSR count). The molecule has 0 aliphatic rings. The molecule has 0 atom stereocenters. The second-order valence-corrected chi connectivity index (χ2v) is 6.66. The number of H-pyrrole nitrogens is 1. The molecule has 0 radical (unpaired) electrons. The van der Waals surface area contributed by atoms with Crippen molar-refractivity contribution in [3.05, 3.63) is 69.4 Å². The van der Waals surface area contributed by atoms with E-state index in [0.717, 1.165) is 17.3 Å². The van der Waals surface area contributed by atoms with Gasteiger partial charge in [0.2, 0.25) is 0 Å². The van der Waals surface area contributed by atoms with Crippen LogP contribution in [0.15, 0.2) is 57.7 Å². The maximum Gasteiger partial charge on any atom is 0.329 e. The fourth-order valence-electron chi connectivity index (χ4n) is 2.53. The van der Waals surface area contributed by atoms with Gasteiger partial charge in [0.05, 0.1) is 5.75 Å². The maximum atomic E-state index is 12.2. The van der Waals surface area contributed by atoms with E-state index in [4.69, 9.17) is 4.74 Å². The van der Waals surface area contributed by atoms with Crippen molar-refractivity contribution in [2.24, 2.45) is 7.05 Å². The number of nitrogens with zero attached hydrogens (tertiary/aromatic N) is 3. The highest BCUT2D eigenvalue weighted by atomic mass is 32.2. The standard InChI is InChI=1S/C18H18N4O4S/c1-3-9-22-14-15(21(2)17(25)20-16(14)24)19-18(22)27-11-13(23)26-10-12-7-5-4-6-8-12/h3-8H,1,9-11H2,2H3,(H,20,24,25). The number of carbonyl (C=O) groups is 1. The Bertz CT molecular complexity index is 1100. The number of aromatic nitrogens is 4. The molecule has 0 amide bonds. The predicted molar refractivity (Wildman–Crippen MR) is 103 cm³/mol. The van der Waals surface area contributed by atoms with Crippen molar-refractivity contribution in [3.8, 4) is 0 Å². The van der Waals surface area contributed by atoms with Crippen molar-refractivity contribution in [2.75, 3.05) is 5.75 Å². The van der Waals surface area contributed by atoms with E-state index in [1.165, 1.54) is 11.6 Å². The minimum absolute atomic E-state index is 0.0269. The predicted octanol–water partition coefficient (Wildman–Crippen LogP) is 1.44. The van der Waals surface area contributed by atoms with Crippen LogP contribution in [-0.2, 0) is 29.7 Å². The van der Waals surface area contributed by atoms with Gasteiger partial charge in [-0.25, -0.2) is 9.78 Å². The molecule has 0 aliphatic heterocycles. The summed E-state index contributed by atoms with van der Waals surface area (Å²) in [6.07, 6.45) is 1.61. The van der Waals surface area contributed by atoms with Crippen molar-refractivity contribution in [2.45, 2.75) is 18.3 Å². The first-order valence-corrected chi connectivity index (χ1v) is 9.12. The lowest BCUT2D eigenvalue weighted by Crippen LogP contribution is -2.29. The van der Waals surface area contributed by atoms with E-state index >= 15 is 0 Å². The number of hydrogen-bond donors (Lipinski definition) is 1. The second-order valence-electron chi connectivity index (χ2n) is 5.72. The number of allylic oxidation sites excluding steroid dienone is 1. The SMILES string of the molecule is C=CCn1c(SCC(=O)OCc2ccccc2)nc2c1c(=O)[nH]c(=O)n2C. The van der Waals surface area contributed by atoms with Crippen molar-refractivity contribution < 1.29 is 9.53 Å². The van der Waals surface area contributed by atoms with Crippen LogP contribution in [0.3, 0.4) is 0 Å². The molecule has 1 aromatic carbocycles. The summed E-state index contributed by atoms with van der Waals surface area (Å²) in [5, 5.41) is 0.438. The summed E-state index contributed by atoms with van der Waals surface area (Å²) in [6, 6.07) is 9.38. The topological polar surface area (TPSA) is 99.0 Å². The van der Waals surface area contributed by atoms with Crippen molar-refractivity contribution in [1.82, 2.24) is 19.1 Å². The Morgan fingerprint density at radius 2 is 2.07 bits per heavy atom. The van der Waals surface area contributed by atoms with Crippen molar-refractivity contribution in [3.63, 3.8) is 0 Å².